The molecule has 0 spiro atoms. The van der Waals surface area contributed by atoms with Crippen molar-refractivity contribution < 1.29 is 5.11 Å². The molecule has 100 valence electrons. The van der Waals surface area contributed by atoms with Gasteiger partial charge in [0.05, 0.1) is 0 Å². The zero-order valence-corrected chi connectivity index (χ0v) is 11.5. The van der Waals surface area contributed by atoms with Crippen LogP contribution in [0, 0.1) is 0 Å². The van der Waals surface area contributed by atoms with E-state index >= 15 is 0 Å². The van der Waals surface area contributed by atoms with E-state index in [1.54, 1.807) is 0 Å². The zero-order chi connectivity index (χ0) is 12.6. The monoisotopic (exact) mass is 238 g/mol. The van der Waals surface area contributed by atoms with Gasteiger partial charge in [0.25, 0.3) is 0 Å². The minimum atomic E-state index is 0.360. The van der Waals surface area contributed by atoms with Gasteiger partial charge in [-0.05, 0) is 25.7 Å². The minimum Gasteiger partial charge on any atom is -0.396 e. The van der Waals surface area contributed by atoms with Crippen LogP contribution < -0.4 is 0 Å². The zero-order valence-electron chi connectivity index (χ0n) is 11.5. The van der Waals surface area contributed by atoms with Crippen LogP contribution in [0.2, 0.25) is 0 Å². The molecule has 0 bridgehead atoms. The third-order valence-corrected chi connectivity index (χ3v) is 2.90. The van der Waals surface area contributed by atoms with Gasteiger partial charge in [0, 0.05) is 6.61 Å². The van der Waals surface area contributed by atoms with Gasteiger partial charge >= 0.3 is 0 Å². The van der Waals surface area contributed by atoms with Crippen molar-refractivity contribution in [1.82, 2.24) is 0 Å². The standard InChI is InChI=1S/C16H30O/c1-2-3-4-5-6-7-8-9-10-11-12-13-14-15-16-17/h3-6,17H,2,7-16H2,1H3/b4-3+,6-5-. The Balaban J connectivity index is 3.03. The van der Waals surface area contributed by atoms with Crippen molar-refractivity contribution in [1.29, 1.82) is 0 Å². The molecular weight excluding hydrogens is 208 g/mol. The molecule has 0 unspecified atom stereocenters. The van der Waals surface area contributed by atoms with Gasteiger partial charge in [-0.25, -0.2) is 0 Å². The molecule has 0 saturated carbocycles. The molecule has 0 rings (SSSR count). The first kappa shape index (κ1) is 16.4. The van der Waals surface area contributed by atoms with Crippen molar-refractivity contribution in [2.24, 2.45) is 0 Å². The summed E-state index contributed by atoms with van der Waals surface area (Å²) in [5, 5.41) is 8.63. The van der Waals surface area contributed by atoms with Crippen molar-refractivity contribution in [2.45, 2.75) is 71.1 Å². The summed E-state index contributed by atoms with van der Waals surface area (Å²) in [5.41, 5.74) is 0. The van der Waals surface area contributed by atoms with E-state index < -0.39 is 0 Å². The molecule has 1 heteroatoms. The molecular formula is C16H30O. The van der Waals surface area contributed by atoms with Crippen molar-refractivity contribution in [3.05, 3.63) is 24.3 Å². The predicted octanol–water partition coefficient (Wildman–Crippen LogP) is 5.01. The smallest absolute Gasteiger partial charge is 0.0431 e. The quantitative estimate of drug-likeness (QED) is 0.374. The maximum atomic E-state index is 8.63. The summed E-state index contributed by atoms with van der Waals surface area (Å²) in [6, 6.07) is 0. The lowest BCUT2D eigenvalue weighted by molar-refractivity contribution is 0.282. The molecule has 0 aliphatic rings. The first-order valence-corrected chi connectivity index (χ1v) is 7.34. The number of unbranched alkanes of at least 4 members (excludes halogenated alkanes) is 8. The topological polar surface area (TPSA) is 20.2 Å². The summed E-state index contributed by atoms with van der Waals surface area (Å²) in [6.07, 6.45) is 21.4. The van der Waals surface area contributed by atoms with E-state index in [2.05, 4.69) is 31.2 Å². The fourth-order valence-corrected chi connectivity index (χ4v) is 1.82. The second kappa shape index (κ2) is 15.4. The van der Waals surface area contributed by atoms with Gasteiger partial charge in [-0.15, -0.1) is 0 Å². The molecule has 1 N–H and O–H groups in total. The van der Waals surface area contributed by atoms with Crippen molar-refractivity contribution in [3.8, 4) is 0 Å². The third-order valence-electron chi connectivity index (χ3n) is 2.90. The Hall–Kier alpha value is -0.560. The van der Waals surface area contributed by atoms with Gasteiger partial charge in [0.2, 0.25) is 0 Å². The first-order chi connectivity index (χ1) is 8.41. The van der Waals surface area contributed by atoms with Gasteiger partial charge in [0.15, 0.2) is 0 Å². The van der Waals surface area contributed by atoms with Crippen LogP contribution in [0.5, 0.6) is 0 Å². The summed E-state index contributed by atoms with van der Waals surface area (Å²) in [7, 11) is 0. The van der Waals surface area contributed by atoms with Gasteiger partial charge in [-0.2, -0.15) is 0 Å². The number of hydrogen-bond acceptors (Lipinski definition) is 1. The van der Waals surface area contributed by atoms with Crippen LogP contribution in [0.25, 0.3) is 0 Å². The van der Waals surface area contributed by atoms with Crippen LogP contribution in [0.4, 0.5) is 0 Å². The van der Waals surface area contributed by atoms with E-state index in [9.17, 15) is 0 Å². The Bertz CT molecular complexity index is 182. The molecule has 0 atom stereocenters. The average molecular weight is 238 g/mol. The lowest BCUT2D eigenvalue weighted by Crippen LogP contribution is -1.84. The van der Waals surface area contributed by atoms with E-state index in [1.165, 1.54) is 51.4 Å². The SMILES string of the molecule is CC/C=C/C=C\CCCCCCCCCCO. The maximum absolute atomic E-state index is 8.63. The minimum absolute atomic E-state index is 0.360. The summed E-state index contributed by atoms with van der Waals surface area (Å²) < 4.78 is 0. The van der Waals surface area contributed by atoms with Crippen molar-refractivity contribution >= 4 is 0 Å². The summed E-state index contributed by atoms with van der Waals surface area (Å²) in [4.78, 5) is 0. The van der Waals surface area contributed by atoms with E-state index in [1.807, 2.05) is 0 Å². The number of hydrogen-bond donors (Lipinski definition) is 1. The van der Waals surface area contributed by atoms with Crippen LogP contribution in [-0.4, -0.2) is 11.7 Å². The van der Waals surface area contributed by atoms with Crippen LogP contribution in [0.1, 0.15) is 71.1 Å². The van der Waals surface area contributed by atoms with Gasteiger partial charge < -0.3 is 5.11 Å². The van der Waals surface area contributed by atoms with E-state index in [4.69, 9.17) is 5.11 Å². The van der Waals surface area contributed by atoms with Crippen molar-refractivity contribution in [2.75, 3.05) is 6.61 Å². The fourth-order valence-electron chi connectivity index (χ4n) is 1.82. The molecule has 0 heterocycles. The highest BCUT2D eigenvalue weighted by molar-refractivity contribution is 5.01. The summed E-state index contributed by atoms with van der Waals surface area (Å²) in [6.45, 7) is 2.52. The van der Waals surface area contributed by atoms with Crippen LogP contribution >= 0.6 is 0 Å². The molecule has 1 nitrogen and oxygen atoms in total. The van der Waals surface area contributed by atoms with Crippen LogP contribution in [0.15, 0.2) is 24.3 Å². The first-order valence-electron chi connectivity index (χ1n) is 7.34. The van der Waals surface area contributed by atoms with Crippen LogP contribution in [-0.2, 0) is 0 Å². The molecule has 0 radical (unpaired) electrons. The predicted molar refractivity (Wildman–Crippen MR) is 77.2 cm³/mol. The number of aliphatic hydroxyl groups is 1. The highest BCUT2D eigenvalue weighted by Crippen LogP contribution is 2.09. The molecule has 0 aliphatic carbocycles. The maximum Gasteiger partial charge on any atom is 0.0431 e. The Morgan fingerprint density at radius 3 is 1.82 bits per heavy atom. The number of rotatable bonds is 12. The molecule has 0 aromatic rings. The second-order valence-corrected chi connectivity index (χ2v) is 4.61. The van der Waals surface area contributed by atoms with Gasteiger partial charge in [-0.1, -0.05) is 69.8 Å². The average Bonchev–Trinajstić information content (AvgIpc) is 2.35. The summed E-state index contributed by atoms with van der Waals surface area (Å²) in [5.74, 6) is 0. The largest absolute Gasteiger partial charge is 0.396 e. The van der Waals surface area contributed by atoms with E-state index in [-0.39, 0.29) is 0 Å². The Morgan fingerprint density at radius 1 is 0.706 bits per heavy atom. The molecule has 0 saturated heterocycles. The van der Waals surface area contributed by atoms with Gasteiger partial charge in [-0.3, -0.25) is 0 Å². The van der Waals surface area contributed by atoms with E-state index in [0.717, 1.165) is 12.8 Å². The molecule has 0 aromatic heterocycles. The van der Waals surface area contributed by atoms with Crippen LogP contribution in [0.3, 0.4) is 0 Å². The highest BCUT2D eigenvalue weighted by atomic mass is 16.2. The molecule has 0 aliphatic heterocycles. The molecule has 0 aromatic carbocycles. The second-order valence-electron chi connectivity index (χ2n) is 4.61. The van der Waals surface area contributed by atoms with Crippen molar-refractivity contribution in [3.63, 3.8) is 0 Å². The van der Waals surface area contributed by atoms with E-state index in [0.29, 0.717) is 6.61 Å². The number of allylic oxidation sites excluding steroid dienone is 4. The number of aliphatic hydroxyl groups excluding tert-OH is 1. The lowest BCUT2D eigenvalue weighted by Gasteiger charge is -2.00. The fraction of sp³-hybridized carbons (Fsp3) is 0.750. The molecule has 17 heavy (non-hydrogen) atoms. The normalized spacial score (nSPS) is 11.9. The Labute approximate surface area is 108 Å². The Morgan fingerprint density at radius 2 is 1.24 bits per heavy atom. The summed E-state index contributed by atoms with van der Waals surface area (Å²) >= 11 is 0. The van der Waals surface area contributed by atoms with Gasteiger partial charge in [0.1, 0.15) is 0 Å². The third kappa shape index (κ3) is 15.4. The molecule has 0 fully saturated rings. The molecule has 0 amide bonds. The highest BCUT2D eigenvalue weighted by Gasteiger charge is 1.91. The Kier molecular flexibility index (Phi) is 14.9. The lowest BCUT2D eigenvalue weighted by atomic mass is 10.1.